The molecule has 0 aliphatic carbocycles. The van der Waals surface area contributed by atoms with E-state index in [0.29, 0.717) is 17.6 Å². The number of para-hydroxylation sites is 1. The first kappa shape index (κ1) is 16.7. The van der Waals surface area contributed by atoms with Crippen LogP contribution in [-0.4, -0.2) is 38.4 Å². The van der Waals surface area contributed by atoms with Crippen LogP contribution in [0.5, 0.6) is 0 Å². The average molecular weight is 341 g/mol. The molecule has 8 nitrogen and oxygen atoms in total. The summed E-state index contributed by atoms with van der Waals surface area (Å²) < 4.78 is 6.66. The Kier molecular flexibility index (Phi) is 4.78. The van der Waals surface area contributed by atoms with Crippen molar-refractivity contribution in [3.8, 4) is 5.69 Å². The molecule has 0 bridgehead atoms. The second-order valence-electron chi connectivity index (χ2n) is 5.76. The molecule has 0 atom stereocenters. The van der Waals surface area contributed by atoms with Gasteiger partial charge in [-0.15, -0.1) is 0 Å². The van der Waals surface area contributed by atoms with Gasteiger partial charge in [-0.3, -0.25) is 14.6 Å². The second kappa shape index (κ2) is 7.16. The van der Waals surface area contributed by atoms with E-state index in [4.69, 9.17) is 4.74 Å². The summed E-state index contributed by atoms with van der Waals surface area (Å²) in [5.41, 5.74) is 0.962. The Bertz CT molecular complexity index is 930. The first-order valence-electron chi connectivity index (χ1n) is 8.01. The van der Waals surface area contributed by atoms with Crippen LogP contribution in [0.1, 0.15) is 20.3 Å². The van der Waals surface area contributed by atoms with Crippen LogP contribution >= 0.6 is 0 Å². The molecule has 2 heterocycles. The van der Waals surface area contributed by atoms with Crippen molar-refractivity contribution < 1.29 is 9.53 Å². The molecule has 0 radical (unpaired) electrons. The second-order valence-corrected chi connectivity index (χ2v) is 5.76. The average Bonchev–Trinajstić information content (AvgIpc) is 2.99. The number of hydrogen-bond donors (Lipinski definition) is 2. The normalized spacial score (nSPS) is 11.0. The number of H-pyrrole nitrogens is 1. The summed E-state index contributed by atoms with van der Waals surface area (Å²) in [4.78, 5) is 30.8. The van der Waals surface area contributed by atoms with E-state index in [1.54, 1.807) is 18.5 Å². The van der Waals surface area contributed by atoms with E-state index in [1.165, 1.54) is 6.20 Å². The topological polar surface area (TPSA) is 102 Å². The summed E-state index contributed by atoms with van der Waals surface area (Å²) in [5, 5.41) is 7.58. The maximum absolute atomic E-state index is 12.2. The maximum Gasteiger partial charge on any atom is 0.307 e. The molecule has 3 aromatic rings. The fraction of sp³-hybridized carbons (Fsp3) is 0.294. The summed E-state index contributed by atoms with van der Waals surface area (Å²) in [6.45, 7) is 3.89. The lowest BCUT2D eigenvalue weighted by Gasteiger charge is -2.09. The lowest BCUT2D eigenvalue weighted by Crippen LogP contribution is -2.18. The number of fused-ring (bicyclic) bond motifs is 1. The number of nitrogens with zero attached hydrogens (tertiary/aromatic N) is 3. The van der Waals surface area contributed by atoms with Gasteiger partial charge >= 0.3 is 5.97 Å². The number of carbonyl (C=O) groups excluding carboxylic acids is 1. The van der Waals surface area contributed by atoms with Crippen molar-refractivity contribution in [2.45, 2.75) is 26.4 Å². The van der Waals surface area contributed by atoms with Crippen LogP contribution in [0.2, 0.25) is 0 Å². The summed E-state index contributed by atoms with van der Waals surface area (Å²) in [6.07, 6.45) is 1.51. The van der Waals surface area contributed by atoms with Crippen LogP contribution in [0.25, 0.3) is 16.7 Å². The highest BCUT2D eigenvalue weighted by molar-refractivity contribution is 5.76. The minimum atomic E-state index is -0.305. The first-order valence-corrected chi connectivity index (χ1v) is 8.01. The van der Waals surface area contributed by atoms with Gasteiger partial charge in [-0.1, -0.05) is 18.2 Å². The SMILES string of the molecule is CC(C)OC(=O)CCNc1nc2c(cnn2-c2ccccc2)c(=O)[nH]1. The van der Waals surface area contributed by atoms with Crippen molar-refractivity contribution in [2.24, 2.45) is 0 Å². The molecular formula is C17H19N5O3. The van der Waals surface area contributed by atoms with E-state index in [1.807, 2.05) is 30.3 Å². The van der Waals surface area contributed by atoms with Crippen molar-refractivity contribution in [2.75, 3.05) is 11.9 Å². The summed E-state index contributed by atoms with van der Waals surface area (Å²) in [5.74, 6) is -0.0206. The Morgan fingerprint density at radius 3 is 2.80 bits per heavy atom. The zero-order valence-electron chi connectivity index (χ0n) is 14.0. The molecule has 0 aliphatic heterocycles. The van der Waals surface area contributed by atoms with Gasteiger partial charge in [0, 0.05) is 6.54 Å². The number of anilines is 1. The number of carbonyl (C=O) groups is 1. The fourth-order valence-corrected chi connectivity index (χ4v) is 2.37. The van der Waals surface area contributed by atoms with Crippen molar-refractivity contribution in [1.29, 1.82) is 0 Å². The van der Waals surface area contributed by atoms with Gasteiger partial charge in [0.15, 0.2) is 5.65 Å². The highest BCUT2D eigenvalue weighted by atomic mass is 16.5. The molecule has 0 aliphatic rings. The molecule has 0 amide bonds. The van der Waals surface area contributed by atoms with Crippen LogP contribution in [-0.2, 0) is 9.53 Å². The van der Waals surface area contributed by atoms with Crippen molar-refractivity contribution in [1.82, 2.24) is 19.7 Å². The van der Waals surface area contributed by atoms with E-state index >= 15 is 0 Å². The van der Waals surface area contributed by atoms with E-state index in [9.17, 15) is 9.59 Å². The third kappa shape index (κ3) is 3.85. The standard InChI is InChI=1S/C17H19N5O3/c1-11(2)25-14(23)8-9-18-17-20-15-13(16(24)21-17)10-19-22(15)12-6-4-3-5-7-12/h3-7,10-11H,8-9H2,1-2H3,(H2,18,20,21,24). The summed E-state index contributed by atoms with van der Waals surface area (Å²) in [6, 6.07) is 9.43. The number of aromatic nitrogens is 4. The molecule has 0 saturated carbocycles. The van der Waals surface area contributed by atoms with E-state index in [2.05, 4.69) is 20.4 Å². The van der Waals surface area contributed by atoms with Crippen LogP contribution in [0, 0.1) is 0 Å². The largest absolute Gasteiger partial charge is 0.463 e. The molecule has 0 fully saturated rings. The molecule has 1 aromatic carbocycles. The predicted octanol–water partition coefficient (Wildman–Crippen LogP) is 1.86. The summed E-state index contributed by atoms with van der Waals surface area (Å²) >= 11 is 0. The fourth-order valence-electron chi connectivity index (χ4n) is 2.37. The zero-order valence-corrected chi connectivity index (χ0v) is 14.0. The van der Waals surface area contributed by atoms with E-state index in [0.717, 1.165) is 5.69 Å². The van der Waals surface area contributed by atoms with Crippen LogP contribution < -0.4 is 10.9 Å². The number of nitrogens with one attached hydrogen (secondary N) is 2. The van der Waals surface area contributed by atoms with E-state index in [-0.39, 0.29) is 30.0 Å². The van der Waals surface area contributed by atoms with Gasteiger partial charge < -0.3 is 10.1 Å². The zero-order chi connectivity index (χ0) is 17.8. The summed E-state index contributed by atoms with van der Waals surface area (Å²) in [7, 11) is 0. The Labute approximate surface area is 143 Å². The number of benzene rings is 1. The Morgan fingerprint density at radius 2 is 2.08 bits per heavy atom. The van der Waals surface area contributed by atoms with Gasteiger partial charge in [0.2, 0.25) is 5.95 Å². The number of aromatic amines is 1. The number of rotatable bonds is 6. The molecule has 0 unspecified atom stereocenters. The van der Waals surface area contributed by atoms with Crippen molar-refractivity contribution in [3.63, 3.8) is 0 Å². The molecule has 8 heteroatoms. The van der Waals surface area contributed by atoms with Crippen LogP contribution in [0.3, 0.4) is 0 Å². The van der Waals surface area contributed by atoms with Crippen molar-refractivity contribution >= 4 is 23.0 Å². The molecule has 0 saturated heterocycles. The Hall–Kier alpha value is -3.16. The third-order valence-corrected chi connectivity index (χ3v) is 3.43. The monoisotopic (exact) mass is 341 g/mol. The molecule has 130 valence electrons. The van der Waals surface area contributed by atoms with E-state index < -0.39 is 0 Å². The minimum absolute atomic E-state index is 0.151. The lowest BCUT2D eigenvalue weighted by molar-refractivity contribution is -0.147. The highest BCUT2D eigenvalue weighted by Crippen LogP contribution is 2.14. The molecular weight excluding hydrogens is 322 g/mol. The smallest absolute Gasteiger partial charge is 0.307 e. The highest BCUT2D eigenvalue weighted by Gasteiger charge is 2.12. The van der Waals surface area contributed by atoms with Gasteiger partial charge in [0.25, 0.3) is 5.56 Å². The first-order chi connectivity index (χ1) is 12.0. The van der Waals surface area contributed by atoms with Gasteiger partial charge in [0.1, 0.15) is 5.39 Å². The lowest BCUT2D eigenvalue weighted by atomic mass is 10.3. The van der Waals surface area contributed by atoms with Crippen molar-refractivity contribution in [3.05, 3.63) is 46.9 Å². The van der Waals surface area contributed by atoms with Crippen LogP contribution in [0.4, 0.5) is 5.95 Å². The predicted molar refractivity (Wildman–Crippen MR) is 93.8 cm³/mol. The molecule has 25 heavy (non-hydrogen) atoms. The molecule has 0 spiro atoms. The molecule has 2 N–H and O–H groups in total. The number of ether oxygens (including phenoxy) is 1. The number of hydrogen-bond acceptors (Lipinski definition) is 6. The van der Waals surface area contributed by atoms with Crippen LogP contribution in [0.15, 0.2) is 41.3 Å². The Morgan fingerprint density at radius 1 is 1.32 bits per heavy atom. The van der Waals surface area contributed by atoms with Gasteiger partial charge in [0.05, 0.1) is 24.4 Å². The molecule has 3 rings (SSSR count). The Balaban J connectivity index is 1.81. The minimum Gasteiger partial charge on any atom is -0.463 e. The quantitative estimate of drug-likeness (QED) is 0.664. The molecule has 2 aromatic heterocycles. The van der Waals surface area contributed by atoms with Gasteiger partial charge in [-0.2, -0.15) is 10.1 Å². The number of esters is 1. The van der Waals surface area contributed by atoms with Gasteiger partial charge in [-0.05, 0) is 26.0 Å². The van der Waals surface area contributed by atoms with Gasteiger partial charge in [-0.25, -0.2) is 4.68 Å². The third-order valence-electron chi connectivity index (χ3n) is 3.43. The maximum atomic E-state index is 12.2.